The van der Waals surface area contributed by atoms with E-state index in [1.54, 1.807) is 11.6 Å². The van der Waals surface area contributed by atoms with Gasteiger partial charge in [0, 0.05) is 7.05 Å². The summed E-state index contributed by atoms with van der Waals surface area (Å²) in [6, 6.07) is 0. The maximum atomic E-state index is 9.21. The molecule has 2 aromatic heterocycles. The van der Waals surface area contributed by atoms with E-state index in [0.717, 1.165) is 0 Å². The molecule has 0 aliphatic carbocycles. The summed E-state index contributed by atoms with van der Waals surface area (Å²) in [6.07, 6.45) is 3.88. The van der Waals surface area contributed by atoms with E-state index in [1.165, 1.54) is 6.33 Å². The van der Waals surface area contributed by atoms with Crippen molar-refractivity contribution in [1.29, 1.82) is 0 Å². The van der Waals surface area contributed by atoms with Gasteiger partial charge in [-0.25, -0.2) is 9.97 Å². The second-order valence-corrected chi connectivity index (χ2v) is 2.14. The molecule has 2 heterocycles. The van der Waals surface area contributed by atoms with Gasteiger partial charge in [0.2, 0.25) is 5.88 Å². The van der Waals surface area contributed by atoms with E-state index < -0.39 is 0 Å². The van der Waals surface area contributed by atoms with Crippen LogP contribution >= 0.6 is 0 Å². The van der Waals surface area contributed by atoms with Crippen molar-refractivity contribution in [2.75, 3.05) is 0 Å². The smallest absolute Gasteiger partial charge is 0.240 e. The fourth-order valence-electron chi connectivity index (χ4n) is 0.915. The Hall–Kier alpha value is -1.65. The Labute approximate surface area is 62.4 Å². The number of hydrogen-bond acceptors (Lipinski definition) is 4. The third-order valence-electron chi connectivity index (χ3n) is 1.42. The van der Waals surface area contributed by atoms with E-state index >= 15 is 0 Å². The van der Waals surface area contributed by atoms with E-state index in [2.05, 4.69) is 21.3 Å². The highest BCUT2D eigenvalue weighted by atomic mass is 16.3. The van der Waals surface area contributed by atoms with E-state index in [4.69, 9.17) is 0 Å². The van der Waals surface area contributed by atoms with Gasteiger partial charge in [0.1, 0.15) is 6.33 Å². The number of aromatic hydroxyl groups is 1. The third-order valence-corrected chi connectivity index (χ3v) is 1.42. The van der Waals surface area contributed by atoms with Crippen LogP contribution in [0.2, 0.25) is 0 Å². The molecule has 0 unspecified atom stereocenters. The Morgan fingerprint density at radius 2 is 2.36 bits per heavy atom. The molecule has 0 atom stereocenters. The molecule has 0 aromatic carbocycles. The molecule has 0 aliphatic rings. The summed E-state index contributed by atoms with van der Waals surface area (Å²) in [5.41, 5.74) is 0.965. The summed E-state index contributed by atoms with van der Waals surface area (Å²) in [5, 5.41) is 9.21. The highest BCUT2D eigenvalue weighted by Crippen LogP contribution is 2.16. The fourth-order valence-corrected chi connectivity index (χ4v) is 0.915. The van der Waals surface area contributed by atoms with Gasteiger partial charge in [0.15, 0.2) is 17.5 Å². The van der Waals surface area contributed by atoms with Crippen LogP contribution in [0.15, 0.2) is 6.33 Å². The van der Waals surface area contributed by atoms with Crippen molar-refractivity contribution in [2.24, 2.45) is 7.05 Å². The summed E-state index contributed by atoms with van der Waals surface area (Å²) in [7, 11) is 1.72. The molecule has 1 radical (unpaired) electrons. The molecule has 0 amide bonds. The molecule has 0 aliphatic heterocycles. The first kappa shape index (κ1) is 6.09. The molecule has 1 N–H and O–H groups in total. The van der Waals surface area contributed by atoms with Gasteiger partial charge in [-0.3, -0.25) is 0 Å². The first-order chi connectivity index (χ1) is 5.29. The molecule has 0 saturated heterocycles. The van der Waals surface area contributed by atoms with Crippen LogP contribution in [0.5, 0.6) is 5.88 Å². The van der Waals surface area contributed by atoms with Crippen molar-refractivity contribution >= 4 is 11.2 Å². The van der Waals surface area contributed by atoms with E-state index in [0.29, 0.717) is 11.2 Å². The molecule has 0 saturated carbocycles. The highest BCUT2D eigenvalue weighted by molar-refractivity contribution is 5.75. The number of hydrogen-bond donors (Lipinski definition) is 1. The van der Waals surface area contributed by atoms with Gasteiger partial charge in [0.25, 0.3) is 0 Å². The monoisotopic (exact) mass is 149 g/mol. The van der Waals surface area contributed by atoms with Gasteiger partial charge >= 0.3 is 0 Å². The minimum absolute atomic E-state index is 0.0637. The Bertz CT molecular complexity index is 394. The minimum atomic E-state index is -0.0637. The zero-order chi connectivity index (χ0) is 7.84. The van der Waals surface area contributed by atoms with Crippen molar-refractivity contribution in [3.8, 4) is 5.88 Å². The largest absolute Gasteiger partial charge is 0.492 e. The van der Waals surface area contributed by atoms with Gasteiger partial charge in [-0.2, -0.15) is 4.98 Å². The molecular weight excluding hydrogens is 144 g/mol. The molecule has 2 rings (SSSR count). The zero-order valence-corrected chi connectivity index (χ0v) is 5.81. The normalized spacial score (nSPS) is 10.6. The molecule has 55 valence electrons. The summed E-state index contributed by atoms with van der Waals surface area (Å²) >= 11 is 0. The van der Waals surface area contributed by atoms with Crippen LogP contribution in [0.4, 0.5) is 0 Å². The van der Waals surface area contributed by atoms with Crippen molar-refractivity contribution in [3.63, 3.8) is 0 Å². The second-order valence-electron chi connectivity index (χ2n) is 2.14. The van der Waals surface area contributed by atoms with Gasteiger partial charge in [-0.15, -0.1) is 0 Å². The predicted molar refractivity (Wildman–Crippen MR) is 36.8 cm³/mol. The number of aryl methyl sites for hydroxylation is 1. The molecule has 0 bridgehead atoms. The van der Waals surface area contributed by atoms with E-state index in [9.17, 15) is 5.11 Å². The summed E-state index contributed by atoms with van der Waals surface area (Å²) < 4.78 is 1.55. The molecule has 0 spiro atoms. The Balaban J connectivity index is 2.96. The maximum absolute atomic E-state index is 9.21. The van der Waals surface area contributed by atoms with Gasteiger partial charge in [-0.1, -0.05) is 0 Å². The molecule has 11 heavy (non-hydrogen) atoms. The molecule has 2 aromatic rings. The number of fused-ring (bicyclic) bond motifs is 1. The zero-order valence-electron chi connectivity index (χ0n) is 5.81. The van der Waals surface area contributed by atoms with Crippen molar-refractivity contribution in [2.45, 2.75) is 0 Å². The van der Waals surface area contributed by atoms with Crippen molar-refractivity contribution < 1.29 is 5.11 Å². The number of rotatable bonds is 0. The van der Waals surface area contributed by atoms with Crippen LogP contribution < -0.4 is 0 Å². The lowest BCUT2D eigenvalue weighted by Gasteiger charge is -1.93. The SMILES string of the molecule is Cn1[c]nc2ncnc(O)c21. The van der Waals surface area contributed by atoms with Crippen LogP contribution in [0.1, 0.15) is 0 Å². The Morgan fingerprint density at radius 1 is 1.55 bits per heavy atom. The lowest BCUT2D eigenvalue weighted by molar-refractivity contribution is 0.456. The highest BCUT2D eigenvalue weighted by Gasteiger charge is 2.05. The van der Waals surface area contributed by atoms with Gasteiger partial charge in [0.05, 0.1) is 0 Å². The summed E-state index contributed by atoms with van der Waals surface area (Å²) in [6.45, 7) is 0. The number of imidazole rings is 1. The lowest BCUT2D eigenvalue weighted by Crippen LogP contribution is -1.87. The minimum Gasteiger partial charge on any atom is -0.492 e. The first-order valence-corrected chi connectivity index (χ1v) is 3.03. The van der Waals surface area contributed by atoms with Crippen LogP contribution in [0.25, 0.3) is 11.2 Å². The maximum Gasteiger partial charge on any atom is 0.240 e. The lowest BCUT2D eigenvalue weighted by atomic mass is 10.5. The van der Waals surface area contributed by atoms with Crippen LogP contribution in [0.3, 0.4) is 0 Å². The summed E-state index contributed by atoms with van der Waals surface area (Å²) in [5.74, 6) is -0.0637. The molecular formula is C6H5N4O. The molecule has 5 heteroatoms. The van der Waals surface area contributed by atoms with Crippen LogP contribution in [-0.4, -0.2) is 24.6 Å². The molecule has 0 fully saturated rings. The van der Waals surface area contributed by atoms with Crippen LogP contribution in [0, 0.1) is 6.33 Å². The van der Waals surface area contributed by atoms with Gasteiger partial charge in [-0.05, 0) is 0 Å². The van der Waals surface area contributed by atoms with Crippen LogP contribution in [-0.2, 0) is 7.05 Å². The topological polar surface area (TPSA) is 63.8 Å². The Kier molecular flexibility index (Phi) is 1.06. The third kappa shape index (κ3) is 0.739. The van der Waals surface area contributed by atoms with Gasteiger partial charge < -0.3 is 9.67 Å². The van der Waals surface area contributed by atoms with Crippen molar-refractivity contribution in [3.05, 3.63) is 12.7 Å². The number of aromatic nitrogens is 4. The average Bonchev–Trinajstić information content (AvgIpc) is 2.34. The average molecular weight is 149 g/mol. The quantitative estimate of drug-likeness (QED) is 0.566. The summed E-state index contributed by atoms with van der Waals surface area (Å²) in [4.78, 5) is 11.2. The standard InChI is InChI=1S/C6H5N4O/c1-10-3-9-5-4(10)6(11)8-2-7-5/h2H,1H3,(H,7,8,11). The predicted octanol–water partition coefficient (Wildman–Crippen LogP) is -0.131. The van der Waals surface area contributed by atoms with E-state index in [1.807, 2.05) is 0 Å². The Morgan fingerprint density at radius 3 is 3.09 bits per heavy atom. The number of nitrogens with zero attached hydrogens (tertiary/aromatic N) is 4. The van der Waals surface area contributed by atoms with E-state index in [-0.39, 0.29) is 5.88 Å². The fraction of sp³-hybridized carbons (Fsp3) is 0.167. The first-order valence-electron chi connectivity index (χ1n) is 3.03. The second kappa shape index (κ2) is 1.91. The van der Waals surface area contributed by atoms with Crippen molar-refractivity contribution in [1.82, 2.24) is 19.5 Å². The molecule has 5 nitrogen and oxygen atoms in total.